The molecule has 2 heterocycles. The zero-order valence-electron chi connectivity index (χ0n) is 20.3. The molecular formula is C28H32ClN3O2S. The van der Waals surface area contributed by atoms with Crippen molar-refractivity contribution in [1.82, 2.24) is 9.80 Å². The Morgan fingerprint density at radius 1 is 1.06 bits per heavy atom. The first-order chi connectivity index (χ1) is 16.9. The number of aryl methyl sites for hydroxylation is 1. The summed E-state index contributed by atoms with van der Waals surface area (Å²) >= 11 is 7.72. The van der Waals surface area contributed by atoms with Crippen LogP contribution >= 0.6 is 23.4 Å². The fourth-order valence-corrected chi connectivity index (χ4v) is 7.13. The summed E-state index contributed by atoms with van der Waals surface area (Å²) < 4.78 is 0. The lowest BCUT2D eigenvalue weighted by molar-refractivity contribution is -0.139. The van der Waals surface area contributed by atoms with E-state index < -0.39 is 0 Å². The van der Waals surface area contributed by atoms with Crippen molar-refractivity contribution in [3.63, 3.8) is 0 Å². The van der Waals surface area contributed by atoms with Crippen LogP contribution in [0.15, 0.2) is 53.4 Å². The van der Waals surface area contributed by atoms with Gasteiger partial charge in [-0.25, -0.2) is 0 Å². The maximum absolute atomic E-state index is 13.4. The lowest BCUT2D eigenvalue weighted by Crippen LogP contribution is -2.55. The molecule has 0 radical (unpaired) electrons. The van der Waals surface area contributed by atoms with Crippen molar-refractivity contribution in [3.05, 3.63) is 69.6 Å². The summed E-state index contributed by atoms with van der Waals surface area (Å²) in [4.78, 5) is 33.6. The van der Waals surface area contributed by atoms with E-state index in [-0.39, 0.29) is 23.8 Å². The average Bonchev–Trinajstić information content (AvgIpc) is 2.87. The Morgan fingerprint density at radius 3 is 2.51 bits per heavy atom. The first-order valence-corrected chi connectivity index (χ1v) is 13.7. The first kappa shape index (κ1) is 24.3. The molecule has 0 bridgehead atoms. The molecule has 184 valence electrons. The molecule has 3 atom stereocenters. The van der Waals surface area contributed by atoms with E-state index in [4.69, 9.17) is 11.6 Å². The van der Waals surface area contributed by atoms with Crippen LogP contribution < -0.4 is 4.90 Å². The van der Waals surface area contributed by atoms with Crippen LogP contribution in [0.1, 0.15) is 30.4 Å². The normalized spacial score (nSPS) is 26.1. The highest BCUT2D eigenvalue weighted by atomic mass is 35.5. The van der Waals surface area contributed by atoms with E-state index in [0.29, 0.717) is 5.25 Å². The van der Waals surface area contributed by atoms with E-state index in [1.807, 2.05) is 59.3 Å². The Bertz CT molecular complexity index is 1130. The predicted octanol–water partition coefficient (Wildman–Crippen LogP) is 5.08. The first-order valence-electron chi connectivity index (χ1n) is 12.4. The van der Waals surface area contributed by atoms with Crippen LogP contribution in [-0.2, 0) is 9.59 Å². The van der Waals surface area contributed by atoms with Crippen LogP contribution in [0.2, 0.25) is 5.02 Å². The molecule has 35 heavy (non-hydrogen) atoms. The topological polar surface area (TPSA) is 43.9 Å². The molecule has 1 aliphatic carbocycles. The zero-order valence-corrected chi connectivity index (χ0v) is 21.9. The van der Waals surface area contributed by atoms with Gasteiger partial charge in [0.25, 0.3) is 5.91 Å². The fraction of sp³-hybridized carbons (Fsp3) is 0.429. The Labute approximate surface area is 217 Å². The van der Waals surface area contributed by atoms with E-state index in [0.717, 1.165) is 66.6 Å². The third-order valence-corrected chi connectivity index (χ3v) is 9.19. The van der Waals surface area contributed by atoms with Crippen molar-refractivity contribution in [2.24, 2.45) is 5.92 Å². The number of halogens is 1. The smallest absolute Gasteiger partial charge is 0.260 e. The van der Waals surface area contributed by atoms with Gasteiger partial charge in [0.2, 0.25) is 5.91 Å². The summed E-state index contributed by atoms with van der Waals surface area (Å²) in [5, 5.41) is 1.08. The molecule has 0 N–H and O–H groups in total. The van der Waals surface area contributed by atoms with Crippen LogP contribution in [0.5, 0.6) is 0 Å². The molecule has 1 saturated carbocycles. The summed E-state index contributed by atoms with van der Waals surface area (Å²) in [5.74, 6) is 0.324. The number of hydrogen-bond donors (Lipinski definition) is 0. The second-order valence-electron chi connectivity index (χ2n) is 9.86. The number of hydrogen-bond acceptors (Lipinski definition) is 4. The summed E-state index contributed by atoms with van der Waals surface area (Å²) in [6.07, 6.45) is 4.63. The van der Waals surface area contributed by atoms with Gasteiger partial charge < -0.3 is 14.7 Å². The van der Waals surface area contributed by atoms with E-state index in [2.05, 4.69) is 24.0 Å². The molecule has 3 aliphatic rings. The summed E-state index contributed by atoms with van der Waals surface area (Å²) in [5.41, 5.74) is 3.40. The number of rotatable bonds is 3. The maximum Gasteiger partial charge on any atom is 0.260 e. The van der Waals surface area contributed by atoms with Gasteiger partial charge in [0.1, 0.15) is 0 Å². The van der Waals surface area contributed by atoms with Gasteiger partial charge in [-0.15, -0.1) is 11.8 Å². The molecule has 5 nitrogen and oxygen atoms in total. The Morgan fingerprint density at radius 2 is 1.80 bits per heavy atom. The second kappa shape index (κ2) is 10.3. The van der Waals surface area contributed by atoms with Crippen molar-refractivity contribution in [2.75, 3.05) is 38.1 Å². The van der Waals surface area contributed by atoms with Gasteiger partial charge in [-0.1, -0.05) is 41.4 Å². The van der Waals surface area contributed by atoms with Crippen LogP contribution in [0.3, 0.4) is 0 Å². The highest BCUT2D eigenvalue weighted by Crippen LogP contribution is 2.43. The largest absolute Gasteiger partial charge is 0.368 e. The minimum Gasteiger partial charge on any atom is -0.368 e. The fourth-order valence-electron chi connectivity index (χ4n) is 5.53. The summed E-state index contributed by atoms with van der Waals surface area (Å²) in [6.45, 7) is 5.19. The van der Waals surface area contributed by atoms with Gasteiger partial charge in [-0.05, 0) is 62.1 Å². The van der Waals surface area contributed by atoms with Crippen molar-refractivity contribution >= 4 is 46.9 Å². The average molecular weight is 510 g/mol. The molecule has 3 fully saturated rings. The quantitative estimate of drug-likeness (QED) is 0.541. The molecule has 0 aromatic heterocycles. The number of likely N-dealkylation sites (N-methyl/N-ethyl adjacent to an activating group) is 1. The molecule has 3 unspecified atom stereocenters. The van der Waals surface area contributed by atoms with E-state index >= 15 is 0 Å². The number of nitrogens with zero attached hydrogens (tertiary/aromatic N) is 3. The predicted molar refractivity (Wildman–Crippen MR) is 145 cm³/mol. The second-order valence-corrected chi connectivity index (χ2v) is 11.6. The molecule has 5 rings (SSSR count). The van der Waals surface area contributed by atoms with Gasteiger partial charge in [0.15, 0.2) is 0 Å². The molecule has 2 aliphatic heterocycles. The van der Waals surface area contributed by atoms with Crippen LogP contribution in [0.25, 0.3) is 6.08 Å². The third-order valence-electron chi connectivity index (χ3n) is 7.53. The molecule has 2 saturated heterocycles. The minimum atomic E-state index is -0.00326. The van der Waals surface area contributed by atoms with Crippen LogP contribution in [0, 0.1) is 12.8 Å². The molecule has 2 aromatic rings. The van der Waals surface area contributed by atoms with E-state index in [1.165, 1.54) is 5.56 Å². The van der Waals surface area contributed by atoms with Crippen molar-refractivity contribution in [2.45, 2.75) is 37.5 Å². The van der Waals surface area contributed by atoms with Gasteiger partial charge in [0, 0.05) is 61.1 Å². The van der Waals surface area contributed by atoms with Crippen molar-refractivity contribution < 1.29 is 9.59 Å². The number of carbonyl (C=O) groups is 2. The highest BCUT2D eigenvalue weighted by molar-refractivity contribution is 8.04. The number of thioether (sulfide) groups is 1. The molecular weight excluding hydrogens is 478 g/mol. The Kier molecular flexibility index (Phi) is 7.12. The van der Waals surface area contributed by atoms with Crippen molar-refractivity contribution in [1.29, 1.82) is 0 Å². The number of benzene rings is 2. The minimum absolute atomic E-state index is 0.00326. The number of amides is 2. The number of fused-ring (bicyclic) bond motifs is 1. The summed E-state index contributed by atoms with van der Waals surface area (Å²) in [6, 6.07) is 16.3. The lowest BCUT2D eigenvalue weighted by atomic mass is 9.83. The molecule has 2 aromatic carbocycles. The maximum atomic E-state index is 13.4. The SMILES string of the molecule is Cc1cccc(/C=C2\SC3CCC(C(=O)N4CCN(c5ccc(Cl)cc5)CC4)CC3N(C)C2=O)c1. The Hall–Kier alpha value is -2.44. The highest BCUT2D eigenvalue weighted by Gasteiger charge is 2.43. The zero-order chi connectivity index (χ0) is 24.5. The molecule has 7 heteroatoms. The number of piperazine rings is 1. The number of anilines is 1. The number of carbonyl (C=O) groups excluding carboxylic acids is 2. The van der Waals surface area contributed by atoms with Gasteiger partial charge in [-0.3, -0.25) is 9.59 Å². The third kappa shape index (κ3) is 5.24. The summed E-state index contributed by atoms with van der Waals surface area (Å²) in [7, 11) is 1.90. The molecule has 0 spiro atoms. The van der Waals surface area contributed by atoms with Crippen LogP contribution in [0.4, 0.5) is 5.69 Å². The monoisotopic (exact) mass is 509 g/mol. The van der Waals surface area contributed by atoms with Crippen LogP contribution in [-0.4, -0.2) is 66.1 Å². The van der Waals surface area contributed by atoms with Gasteiger partial charge in [0.05, 0.1) is 4.91 Å². The Balaban J connectivity index is 1.20. The van der Waals surface area contributed by atoms with Gasteiger partial charge >= 0.3 is 0 Å². The standard InChI is InChI=1S/C28H32ClN3O2S/c1-19-4-3-5-20(16-19)17-26-28(34)30(2)24-18-21(6-11-25(24)35-26)27(33)32-14-12-31(13-15-32)23-9-7-22(29)8-10-23/h3-5,7-10,16-17,21,24-25H,6,11-15,18H2,1-2H3/b26-17-. The molecule has 2 amide bonds. The van der Waals surface area contributed by atoms with E-state index in [1.54, 1.807) is 11.8 Å². The van der Waals surface area contributed by atoms with Gasteiger partial charge in [-0.2, -0.15) is 0 Å². The lowest BCUT2D eigenvalue weighted by Gasteiger charge is -2.45. The van der Waals surface area contributed by atoms with Crippen molar-refractivity contribution in [3.8, 4) is 0 Å². The van der Waals surface area contributed by atoms with E-state index in [9.17, 15) is 9.59 Å².